The molecule has 0 aromatic carbocycles. The van der Waals surface area contributed by atoms with Crippen molar-refractivity contribution >= 4 is 12.1 Å². The van der Waals surface area contributed by atoms with E-state index in [-0.39, 0.29) is 23.9 Å². The van der Waals surface area contributed by atoms with Gasteiger partial charge in [-0.3, -0.25) is 4.79 Å². The highest BCUT2D eigenvalue weighted by molar-refractivity contribution is 5.97. The van der Waals surface area contributed by atoms with Gasteiger partial charge in [-0.05, 0) is 136 Å². The Balaban J connectivity index is 0.000000257. The van der Waals surface area contributed by atoms with Crippen LogP contribution in [0, 0.1) is 51.2 Å². The van der Waals surface area contributed by atoms with Gasteiger partial charge >= 0.3 is 0 Å². The van der Waals surface area contributed by atoms with E-state index < -0.39 is 23.9 Å². The standard InChI is InChI=1S/C30H50O.C14H20O4/c1-20(2)10-9-11-21(3)22-14-18-30(8)24-12-13-25-27(4,5)26(31)16-17-28(25,6)23(24)15-19-29(22,30)7;1-2-3-4-5-6-7-10-8-12(16)14(18)13(17)11(10)9-15/h10,21-22,25-26,31H,9,11-19H2,1-8H3;4-7,9-12,14,16,18H,2-3,8H2,1H3. The SMILES string of the molecule is CC(C)=CCCC(C)C1CCC2(C)C3=C(CCC12C)C1(C)CCC(O)C(C)(C)C1CC3.CCCC=CC=CC1CC(O)C(O)C(=O)C1C=O. The minimum atomic E-state index is -1.43. The topological polar surface area (TPSA) is 94.8 Å². The zero-order valence-corrected chi connectivity index (χ0v) is 32.4. The van der Waals surface area contributed by atoms with Crippen LogP contribution in [0.2, 0.25) is 0 Å². The van der Waals surface area contributed by atoms with Crippen molar-refractivity contribution < 1.29 is 24.9 Å². The summed E-state index contributed by atoms with van der Waals surface area (Å²) in [5.74, 6) is 0.554. The molecule has 3 fully saturated rings. The molecule has 49 heavy (non-hydrogen) atoms. The molecule has 0 bridgehead atoms. The molecule has 0 saturated heterocycles. The van der Waals surface area contributed by atoms with Crippen LogP contribution in [-0.2, 0) is 9.59 Å². The van der Waals surface area contributed by atoms with Gasteiger partial charge < -0.3 is 20.1 Å². The van der Waals surface area contributed by atoms with Crippen LogP contribution in [0.15, 0.2) is 47.1 Å². The van der Waals surface area contributed by atoms with Crippen molar-refractivity contribution in [2.75, 3.05) is 0 Å². The number of carbonyl (C=O) groups excluding carboxylic acids is 2. The van der Waals surface area contributed by atoms with Gasteiger partial charge in [-0.15, -0.1) is 0 Å². The molecule has 0 aromatic rings. The molecule has 0 aliphatic heterocycles. The summed E-state index contributed by atoms with van der Waals surface area (Å²) < 4.78 is 0. The zero-order valence-electron chi connectivity index (χ0n) is 32.4. The van der Waals surface area contributed by atoms with Crippen molar-refractivity contribution in [2.24, 2.45) is 51.2 Å². The Kier molecular flexibility index (Phi) is 12.9. The van der Waals surface area contributed by atoms with Crippen LogP contribution in [-0.4, -0.2) is 45.7 Å². The highest BCUT2D eigenvalue weighted by Crippen LogP contribution is 2.72. The fourth-order valence-corrected chi connectivity index (χ4v) is 11.5. The molecule has 5 heteroatoms. The van der Waals surface area contributed by atoms with E-state index in [0.717, 1.165) is 31.1 Å². The molecule has 5 aliphatic carbocycles. The quantitative estimate of drug-likeness (QED) is 0.0978. The lowest BCUT2D eigenvalue weighted by atomic mass is 9.43. The van der Waals surface area contributed by atoms with E-state index >= 15 is 0 Å². The maximum atomic E-state index is 11.6. The zero-order chi connectivity index (χ0) is 36.4. The van der Waals surface area contributed by atoms with Gasteiger partial charge in [0.2, 0.25) is 0 Å². The first-order valence-corrected chi connectivity index (χ1v) is 19.7. The van der Waals surface area contributed by atoms with Crippen LogP contribution < -0.4 is 0 Å². The molecule has 11 atom stereocenters. The van der Waals surface area contributed by atoms with Gasteiger partial charge in [-0.25, -0.2) is 0 Å². The molecule has 5 aliphatic rings. The Morgan fingerprint density at radius 3 is 2.29 bits per heavy atom. The Morgan fingerprint density at radius 1 is 0.918 bits per heavy atom. The summed E-state index contributed by atoms with van der Waals surface area (Å²) in [6, 6.07) is 0. The second-order valence-electron chi connectivity index (χ2n) is 18.2. The number of Topliss-reactive ketones (excluding diaryl/α,β-unsaturated/α-hetero) is 1. The summed E-state index contributed by atoms with van der Waals surface area (Å²) in [4.78, 5) is 22.5. The van der Waals surface area contributed by atoms with E-state index in [1.807, 2.05) is 23.3 Å². The maximum absolute atomic E-state index is 11.6. The number of hydrogen-bond acceptors (Lipinski definition) is 5. The third-order valence-corrected chi connectivity index (χ3v) is 14.8. The van der Waals surface area contributed by atoms with E-state index in [2.05, 4.69) is 68.4 Å². The van der Waals surface area contributed by atoms with Crippen LogP contribution in [0.4, 0.5) is 0 Å². The number of carbonyl (C=O) groups is 2. The van der Waals surface area contributed by atoms with Crippen molar-refractivity contribution in [1.29, 1.82) is 0 Å². The lowest BCUT2D eigenvalue weighted by Gasteiger charge is -2.62. The summed E-state index contributed by atoms with van der Waals surface area (Å²) in [5, 5.41) is 29.8. The van der Waals surface area contributed by atoms with Crippen molar-refractivity contribution in [3.05, 3.63) is 47.1 Å². The van der Waals surface area contributed by atoms with E-state index in [1.54, 1.807) is 12.2 Å². The Bertz CT molecular complexity index is 1300. The number of aliphatic hydroxyl groups excluding tert-OH is 3. The number of ketones is 1. The number of unbranched alkanes of at least 4 members (excludes halogenated alkanes) is 1. The number of hydrogen-bond donors (Lipinski definition) is 3. The predicted octanol–water partition coefficient (Wildman–Crippen LogP) is 9.50. The summed E-state index contributed by atoms with van der Waals surface area (Å²) in [7, 11) is 0. The molecule has 276 valence electrons. The monoisotopic (exact) mass is 679 g/mol. The summed E-state index contributed by atoms with van der Waals surface area (Å²) in [6.45, 7) is 21.7. The molecule has 0 heterocycles. The average Bonchev–Trinajstić information content (AvgIpc) is 3.33. The number of allylic oxidation sites excluding steroid dienone is 8. The highest BCUT2D eigenvalue weighted by atomic mass is 16.3. The van der Waals surface area contributed by atoms with E-state index in [1.165, 1.54) is 63.4 Å². The third-order valence-electron chi connectivity index (χ3n) is 14.8. The first-order valence-electron chi connectivity index (χ1n) is 19.7. The van der Waals surface area contributed by atoms with E-state index in [0.29, 0.717) is 28.4 Å². The van der Waals surface area contributed by atoms with Crippen molar-refractivity contribution in [3.63, 3.8) is 0 Å². The number of rotatable bonds is 9. The Hall–Kier alpha value is -1.82. The van der Waals surface area contributed by atoms with Gasteiger partial charge in [0.1, 0.15) is 12.4 Å². The highest BCUT2D eigenvalue weighted by Gasteiger charge is 2.63. The molecule has 3 saturated carbocycles. The first-order chi connectivity index (χ1) is 23.0. The van der Waals surface area contributed by atoms with Crippen molar-refractivity contribution in [3.8, 4) is 0 Å². The average molecular weight is 679 g/mol. The molecule has 0 aromatic heterocycles. The molecule has 0 amide bonds. The predicted molar refractivity (Wildman–Crippen MR) is 201 cm³/mol. The van der Waals surface area contributed by atoms with Gasteiger partial charge in [0.25, 0.3) is 0 Å². The van der Waals surface area contributed by atoms with Crippen LogP contribution in [0.25, 0.3) is 0 Å². The lowest BCUT2D eigenvalue weighted by Crippen LogP contribution is -2.55. The fraction of sp³-hybridized carbons (Fsp3) is 0.773. The van der Waals surface area contributed by atoms with Gasteiger partial charge in [0.05, 0.1) is 18.1 Å². The minimum Gasteiger partial charge on any atom is -0.393 e. The molecule has 3 N–H and O–H groups in total. The normalized spacial score (nSPS) is 40.7. The largest absolute Gasteiger partial charge is 0.393 e. The van der Waals surface area contributed by atoms with Gasteiger partial charge in [-0.2, -0.15) is 0 Å². The van der Waals surface area contributed by atoms with Gasteiger partial charge in [-0.1, -0.05) is 102 Å². The second kappa shape index (κ2) is 15.8. The number of fused-ring (bicyclic) bond motifs is 4. The number of aldehydes is 1. The number of aliphatic hydroxyl groups is 3. The third kappa shape index (κ3) is 7.56. The van der Waals surface area contributed by atoms with Gasteiger partial charge in [0, 0.05) is 0 Å². The fourth-order valence-electron chi connectivity index (χ4n) is 11.5. The second-order valence-corrected chi connectivity index (χ2v) is 18.2. The lowest BCUT2D eigenvalue weighted by molar-refractivity contribution is -0.146. The van der Waals surface area contributed by atoms with Gasteiger partial charge in [0.15, 0.2) is 5.78 Å². The molecular weight excluding hydrogens is 608 g/mol. The molecule has 0 radical (unpaired) electrons. The van der Waals surface area contributed by atoms with Crippen LogP contribution in [0.3, 0.4) is 0 Å². The molecule has 11 unspecified atom stereocenters. The Labute approximate surface area is 298 Å². The van der Waals surface area contributed by atoms with Crippen LogP contribution >= 0.6 is 0 Å². The van der Waals surface area contributed by atoms with Crippen molar-refractivity contribution in [2.45, 2.75) is 164 Å². The van der Waals surface area contributed by atoms with Crippen molar-refractivity contribution in [1.82, 2.24) is 0 Å². The smallest absolute Gasteiger partial charge is 0.174 e. The molecule has 5 rings (SSSR count). The van der Waals surface area contributed by atoms with E-state index in [9.17, 15) is 24.9 Å². The maximum Gasteiger partial charge on any atom is 0.174 e. The Morgan fingerprint density at radius 2 is 1.63 bits per heavy atom. The molecular formula is C44H70O5. The first kappa shape index (κ1) is 40.0. The van der Waals surface area contributed by atoms with E-state index in [4.69, 9.17) is 0 Å². The molecule has 5 nitrogen and oxygen atoms in total. The summed E-state index contributed by atoms with van der Waals surface area (Å²) in [5.41, 5.74) is 6.41. The molecule has 0 spiro atoms. The summed E-state index contributed by atoms with van der Waals surface area (Å²) in [6.07, 6.45) is 22.9. The van der Waals surface area contributed by atoms with Crippen LogP contribution in [0.1, 0.15) is 146 Å². The summed E-state index contributed by atoms with van der Waals surface area (Å²) >= 11 is 0. The van der Waals surface area contributed by atoms with Crippen LogP contribution in [0.5, 0.6) is 0 Å². The minimum absolute atomic E-state index is 0.0465.